The van der Waals surface area contributed by atoms with Gasteiger partial charge in [-0.15, -0.1) is 10.2 Å². The topological polar surface area (TPSA) is 87.5 Å². The maximum absolute atomic E-state index is 12.6. The fraction of sp³-hybridized carbons (Fsp3) is 0.375. The highest BCUT2D eigenvalue weighted by atomic mass is 32.2. The highest BCUT2D eigenvalue weighted by Crippen LogP contribution is 2.47. The van der Waals surface area contributed by atoms with Crippen LogP contribution in [0.2, 0.25) is 0 Å². The molecule has 0 bridgehead atoms. The second kappa shape index (κ2) is 8.97. The van der Waals surface area contributed by atoms with E-state index >= 15 is 0 Å². The van der Waals surface area contributed by atoms with Crippen LogP contribution < -0.4 is 19.5 Å². The quantitative estimate of drug-likeness (QED) is 0.503. The Morgan fingerprint density at radius 1 is 1.15 bits per heavy atom. The Kier molecular flexibility index (Phi) is 5.88. The highest BCUT2D eigenvalue weighted by molar-refractivity contribution is 7.99. The first kappa shape index (κ1) is 21.6. The summed E-state index contributed by atoms with van der Waals surface area (Å²) in [6.07, 6.45) is 4.01. The molecule has 1 aliphatic heterocycles. The molecule has 2 aliphatic rings. The predicted molar refractivity (Wildman–Crippen MR) is 126 cm³/mol. The summed E-state index contributed by atoms with van der Waals surface area (Å²) in [5.74, 6) is 2.45. The van der Waals surface area contributed by atoms with E-state index in [1.165, 1.54) is 11.8 Å². The van der Waals surface area contributed by atoms with Crippen molar-refractivity contribution in [3.05, 3.63) is 42.5 Å². The average Bonchev–Trinajstić information content (AvgIpc) is 3.55. The Labute approximate surface area is 196 Å². The number of rotatable bonds is 7. The van der Waals surface area contributed by atoms with Crippen molar-refractivity contribution in [1.29, 1.82) is 0 Å². The molecule has 2 heterocycles. The van der Waals surface area contributed by atoms with E-state index in [0.29, 0.717) is 23.1 Å². The molecule has 1 saturated carbocycles. The number of amides is 1. The smallest absolute Gasteiger partial charge is 0.251 e. The number of nitrogens with zero attached hydrogens (tertiary/aromatic N) is 3. The number of aromatic nitrogens is 3. The Morgan fingerprint density at radius 3 is 2.73 bits per heavy atom. The van der Waals surface area contributed by atoms with Crippen LogP contribution in [0.5, 0.6) is 17.2 Å². The zero-order valence-corrected chi connectivity index (χ0v) is 19.5. The van der Waals surface area contributed by atoms with Gasteiger partial charge in [-0.05, 0) is 44.0 Å². The number of carbonyl (C=O) groups excluding carboxylic acids is 1. The second-order valence-electron chi connectivity index (χ2n) is 8.07. The molecular formula is C24H26N4O4S. The number of hydrogen-bond acceptors (Lipinski definition) is 7. The molecule has 5 rings (SSSR count). The van der Waals surface area contributed by atoms with Crippen molar-refractivity contribution < 1.29 is 19.0 Å². The average molecular weight is 467 g/mol. The number of ether oxygens (including phenoxy) is 3. The molecule has 1 fully saturated rings. The lowest BCUT2D eigenvalue weighted by atomic mass is 10.2. The lowest BCUT2D eigenvalue weighted by molar-refractivity contribution is -0.113. The van der Waals surface area contributed by atoms with Crippen molar-refractivity contribution in [1.82, 2.24) is 14.8 Å². The molecule has 3 aromatic rings. The van der Waals surface area contributed by atoms with Crippen LogP contribution in [-0.2, 0) is 11.3 Å². The van der Waals surface area contributed by atoms with Crippen LogP contribution in [0.4, 0.5) is 5.69 Å². The molecule has 1 aromatic heterocycles. The minimum Gasteiger partial charge on any atom is -0.496 e. The van der Waals surface area contributed by atoms with E-state index in [-0.39, 0.29) is 11.7 Å². The Balaban J connectivity index is 1.24. The number of methoxy groups -OCH3 is 1. The minimum atomic E-state index is -0.510. The van der Waals surface area contributed by atoms with Gasteiger partial charge in [0.2, 0.25) is 5.91 Å². The van der Waals surface area contributed by atoms with Gasteiger partial charge in [0.15, 0.2) is 22.5 Å². The van der Waals surface area contributed by atoms with E-state index in [2.05, 4.69) is 15.5 Å². The Hall–Kier alpha value is -3.20. The standard InChI is InChI=1S/C24H26N4O4S/c1-3-28-22(17-8-4-5-9-18(17)30-2)26-27-23(28)33-15-21(29)25-16-10-11-19-20(14-16)32-24(31-19)12-6-7-13-24/h4-5,8-11,14H,3,6-7,12-13,15H2,1-2H3,(H,25,29). The van der Waals surface area contributed by atoms with Gasteiger partial charge in [-0.3, -0.25) is 4.79 Å². The monoisotopic (exact) mass is 466 g/mol. The van der Waals surface area contributed by atoms with Crippen LogP contribution in [0, 0.1) is 0 Å². The molecule has 0 radical (unpaired) electrons. The molecule has 1 amide bonds. The minimum absolute atomic E-state index is 0.126. The van der Waals surface area contributed by atoms with Crippen molar-refractivity contribution in [3.63, 3.8) is 0 Å². The van der Waals surface area contributed by atoms with E-state index in [1.54, 1.807) is 7.11 Å². The molecule has 8 nitrogen and oxygen atoms in total. The summed E-state index contributed by atoms with van der Waals surface area (Å²) >= 11 is 1.35. The molecule has 1 spiro atoms. The SMILES string of the molecule is CCn1c(SCC(=O)Nc2ccc3c(c2)OC2(CCCC2)O3)nnc1-c1ccccc1OC. The maximum Gasteiger partial charge on any atom is 0.251 e. The number of benzene rings is 2. The van der Waals surface area contributed by atoms with Gasteiger partial charge in [0.05, 0.1) is 18.4 Å². The summed E-state index contributed by atoms with van der Waals surface area (Å²) in [5, 5.41) is 12.3. The molecule has 9 heteroatoms. The van der Waals surface area contributed by atoms with Crippen molar-refractivity contribution in [3.8, 4) is 28.6 Å². The van der Waals surface area contributed by atoms with Crippen molar-refractivity contribution in [2.75, 3.05) is 18.2 Å². The number of carbonyl (C=O) groups is 1. The fourth-order valence-corrected chi connectivity index (χ4v) is 5.13. The number of anilines is 1. The molecule has 1 N–H and O–H groups in total. The van der Waals surface area contributed by atoms with Gasteiger partial charge in [0.25, 0.3) is 5.79 Å². The van der Waals surface area contributed by atoms with Gasteiger partial charge in [-0.25, -0.2) is 0 Å². The number of fused-ring (bicyclic) bond motifs is 1. The highest BCUT2D eigenvalue weighted by Gasteiger charge is 2.44. The van der Waals surface area contributed by atoms with Crippen LogP contribution in [0.15, 0.2) is 47.6 Å². The second-order valence-corrected chi connectivity index (χ2v) is 9.01. The summed E-state index contributed by atoms with van der Waals surface area (Å²) in [7, 11) is 1.63. The lowest BCUT2D eigenvalue weighted by Gasteiger charge is -2.21. The first-order valence-electron chi connectivity index (χ1n) is 11.1. The Morgan fingerprint density at radius 2 is 1.94 bits per heavy atom. The number of nitrogens with one attached hydrogen (secondary N) is 1. The van der Waals surface area contributed by atoms with E-state index in [0.717, 1.165) is 48.6 Å². The number of hydrogen-bond donors (Lipinski definition) is 1. The van der Waals surface area contributed by atoms with E-state index < -0.39 is 5.79 Å². The zero-order chi connectivity index (χ0) is 22.8. The van der Waals surface area contributed by atoms with E-state index in [9.17, 15) is 4.79 Å². The molecular weight excluding hydrogens is 440 g/mol. The molecule has 0 unspecified atom stereocenters. The number of para-hydroxylation sites is 1. The predicted octanol–water partition coefficient (Wildman–Crippen LogP) is 4.75. The van der Waals surface area contributed by atoms with Gasteiger partial charge >= 0.3 is 0 Å². The third-order valence-corrected chi connectivity index (χ3v) is 6.86. The first-order valence-corrected chi connectivity index (χ1v) is 12.1. The third-order valence-electron chi connectivity index (χ3n) is 5.90. The lowest BCUT2D eigenvalue weighted by Crippen LogP contribution is -2.34. The van der Waals surface area contributed by atoms with Crippen molar-refractivity contribution in [2.45, 2.75) is 50.1 Å². The van der Waals surface area contributed by atoms with E-state index in [4.69, 9.17) is 14.2 Å². The largest absolute Gasteiger partial charge is 0.496 e. The summed E-state index contributed by atoms with van der Waals surface area (Å²) in [5.41, 5.74) is 1.55. The maximum atomic E-state index is 12.6. The molecule has 1 aliphatic carbocycles. The first-order chi connectivity index (χ1) is 16.1. The van der Waals surface area contributed by atoms with Gasteiger partial charge in [-0.2, -0.15) is 0 Å². The van der Waals surface area contributed by atoms with Crippen LogP contribution in [0.25, 0.3) is 11.4 Å². The normalized spacial score (nSPS) is 15.7. The number of thioether (sulfide) groups is 1. The van der Waals surface area contributed by atoms with Crippen LogP contribution in [0.1, 0.15) is 32.6 Å². The molecule has 172 valence electrons. The van der Waals surface area contributed by atoms with Crippen LogP contribution >= 0.6 is 11.8 Å². The third kappa shape index (κ3) is 4.25. The van der Waals surface area contributed by atoms with E-state index in [1.807, 2.05) is 54.0 Å². The summed E-state index contributed by atoms with van der Waals surface area (Å²) < 4.78 is 19.6. The fourth-order valence-electron chi connectivity index (χ4n) is 4.33. The molecule has 0 atom stereocenters. The Bertz CT molecular complexity index is 1170. The van der Waals surface area contributed by atoms with Gasteiger partial charge in [0.1, 0.15) is 5.75 Å². The summed E-state index contributed by atoms with van der Waals surface area (Å²) in [6.45, 7) is 2.70. The van der Waals surface area contributed by atoms with Crippen LogP contribution in [0.3, 0.4) is 0 Å². The van der Waals surface area contributed by atoms with Gasteiger partial charge in [0, 0.05) is 31.1 Å². The van der Waals surface area contributed by atoms with Crippen molar-refractivity contribution >= 4 is 23.4 Å². The molecule has 0 saturated heterocycles. The summed E-state index contributed by atoms with van der Waals surface area (Å²) in [4.78, 5) is 12.6. The summed E-state index contributed by atoms with van der Waals surface area (Å²) in [6, 6.07) is 13.2. The molecule has 33 heavy (non-hydrogen) atoms. The zero-order valence-electron chi connectivity index (χ0n) is 18.7. The van der Waals surface area contributed by atoms with Crippen LogP contribution in [-0.4, -0.2) is 39.3 Å². The van der Waals surface area contributed by atoms with Crippen molar-refractivity contribution in [2.24, 2.45) is 0 Å². The van der Waals surface area contributed by atoms with Gasteiger partial charge in [-0.1, -0.05) is 23.9 Å². The molecule has 2 aromatic carbocycles. The van der Waals surface area contributed by atoms with Gasteiger partial charge < -0.3 is 24.1 Å².